The first-order chi connectivity index (χ1) is 33.4. The summed E-state index contributed by atoms with van der Waals surface area (Å²) in [7, 11) is 0. The Bertz CT molecular complexity index is 2180. The highest BCUT2D eigenvalue weighted by atomic mass is 32.1. The summed E-state index contributed by atoms with van der Waals surface area (Å²) in [5.74, 6) is 0.161. The molecule has 16 heteroatoms. The number of alkyl carbamates (subject to hydrolysis) is 1. The van der Waals surface area contributed by atoms with Crippen LogP contribution in [0.3, 0.4) is 0 Å². The van der Waals surface area contributed by atoms with Crippen LogP contribution in [0.15, 0.2) is 53.6 Å². The van der Waals surface area contributed by atoms with E-state index in [1.165, 1.54) is 10.5 Å². The lowest BCUT2D eigenvalue weighted by Gasteiger charge is -2.43. The van der Waals surface area contributed by atoms with Crippen LogP contribution in [0.4, 0.5) is 4.79 Å². The number of aryl methyl sites for hydroxylation is 1. The van der Waals surface area contributed by atoms with Crippen molar-refractivity contribution in [1.29, 1.82) is 0 Å². The molecule has 70 heavy (non-hydrogen) atoms. The molecule has 2 aliphatic carbocycles. The van der Waals surface area contributed by atoms with Crippen molar-refractivity contribution in [1.82, 2.24) is 30.7 Å². The number of aliphatic hydroxyl groups is 2. The van der Waals surface area contributed by atoms with Gasteiger partial charge in [0.25, 0.3) is 0 Å². The molecule has 0 spiro atoms. The minimum Gasteiger partial charge on any atom is -0.462 e. The molecule has 2 aromatic rings. The molecule has 0 saturated carbocycles. The maximum atomic E-state index is 14.1. The lowest BCUT2D eigenvalue weighted by atomic mass is 9.65. The van der Waals surface area contributed by atoms with Crippen molar-refractivity contribution < 1.29 is 43.7 Å². The second-order valence-electron chi connectivity index (χ2n) is 21.9. The number of piperidine rings is 1. The number of nitrogens with one attached hydrogen (secondary N) is 3. The number of fused-ring (bicyclic) bond motifs is 1. The summed E-state index contributed by atoms with van der Waals surface area (Å²) in [5.41, 5.74) is 5.35. The number of hydrogen-bond donors (Lipinski definition) is 5. The molecule has 7 rings (SSSR count). The van der Waals surface area contributed by atoms with E-state index >= 15 is 0 Å². The molecule has 10 atom stereocenters. The van der Waals surface area contributed by atoms with E-state index in [1.807, 2.05) is 57.5 Å². The number of nitrogens with zero attached hydrogens (tertiary/aromatic N) is 3. The highest BCUT2D eigenvalue weighted by molar-refractivity contribution is 7.13. The average molecular weight is 987 g/mol. The fraction of sp³-hybridized carbons (Fsp3) is 0.667. The summed E-state index contributed by atoms with van der Waals surface area (Å²) < 4.78 is 11.7. The molecular weight excluding hydrogens is 909 g/mol. The van der Waals surface area contributed by atoms with Gasteiger partial charge in [-0.05, 0) is 124 Å². The second-order valence-corrected chi connectivity index (χ2v) is 22.8. The van der Waals surface area contributed by atoms with Crippen molar-refractivity contribution in [3.63, 3.8) is 0 Å². The summed E-state index contributed by atoms with van der Waals surface area (Å²) in [6, 6.07) is 6.22. The number of carbonyl (C=O) groups excluding carboxylic acids is 5. The van der Waals surface area contributed by atoms with E-state index < -0.39 is 29.7 Å². The number of esters is 1. The van der Waals surface area contributed by atoms with Crippen LogP contribution in [0.1, 0.15) is 123 Å². The summed E-state index contributed by atoms with van der Waals surface area (Å²) >= 11 is 1.58. The van der Waals surface area contributed by atoms with Gasteiger partial charge in [0.2, 0.25) is 17.7 Å². The van der Waals surface area contributed by atoms with Crippen molar-refractivity contribution in [3.05, 3.63) is 64.8 Å². The van der Waals surface area contributed by atoms with Crippen molar-refractivity contribution in [2.24, 2.45) is 35.0 Å². The second kappa shape index (κ2) is 24.2. The molecule has 15 nitrogen and oxygen atoms in total. The fourth-order valence-electron chi connectivity index (χ4n) is 11.4. The van der Waals surface area contributed by atoms with Crippen LogP contribution in [0.2, 0.25) is 0 Å². The number of cyclic esters (lactones) is 1. The molecule has 0 radical (unpaired) electrons. The van der Waals surface area contributed by atoms with Gasteiger partial charge in [-0.3, -0.25) is 19.2 Å². The molecule has 4 amide bonds. The fourth-order valence-corrected chi connectivity index (χ4v) is 12.2. The van der Waals surface area contributed by atoms with Crippen molar-refractivity contribution in [3.8, 4) is 10.4 Å². The number of benzene rings is 1. The van der Waals surface area contributed by atoms with Gasteiger partial charge >= 0.3 is 12.1 Å². The number of aromatic nitrogens is 1. The first-order valence-corrected chi connectivity index (χ1v) is 26.8. The number of aliphatic hydroxyl groups excluding tert-OH is 2. The van der Waals surface area contributed by atoms with Gasteiger partial charge in [0.15, 0.2) is 0 Å². The zero-order chi connectivity index (χ0) is 50.1. The van der Waals surface area contributed by atoms with E-state index in [9.17, 15) is 34.2 Å². The molecule has 1 aromatic carbocycles. The molecule has 1 aromatic heterocycles. The van der Waals surface area contributed by atoms with Crippen molar-refractivity contribution in [2.45, 2.75) is 162 Å². The Morgan fingerprint density at radius 2 is 1.73 bits per heavy atom. The van der Waals surface area contributed by atoms with E-state index in [0.717, 1.165) is 79.9 Å². The molecule has 0 bridgehead atoms. The van der Waals surface area contributed by atoms with Gasteiger partial charge in [-0.25, -0.2) is 9.78 Å². The normalized spacial score (nSPS) is 27.8. The predicted molar refractivity (Wildman–Crippen MR) is 269 cm³/mol. The van der Waals surface area contributed by atoms with Gasteiger partial charge in [-0.1, -0.05) is 77.1 Å². The van der Waals surface area contributed by atoms with E-state index in [2.05, 4.69) is 57.9 Å². The van der Waals surface area contributed by atoms with E-state index in [1.54, 1.807) is 11.3 Å². The number of β-amino-alcohol motifs (C(OH)–C–C–N with tert-alkyl or cyclic N) is 1. The number of hydrogen-bond acceptors (Lipinski definition) is 12. The van der Waals surface area contributed by atoms with Gasteiger partial charge in [-0.15, -0.1) is 11.3 Å². The molecule has 3 fully saturated rings. The number of allylic oxidation sites excluding steroid dienone is 3. The Morgan fingerprint density at radius 3 is 2.43 bits per heavy atom. The topological polar surface area (TPSA) is 200 Å². The zero-order valence-corrected chi connectivity index (χ0v) is 43.0. The largest absolute Gasteiger partial charge is 0.462 e. The van der Waals surface area contributed by atoms with Crippen LogP contribution in [-0.2, 0) is 35.2 Å². The van der Waals surface area contributed by atoms with E-state index in [-0.39, 0.29) is 98.0 Å². The molecule has 3 saturated heterocycles. The Kier molecular flexibility index (Phi) is 18.4. The van der Waals surface area contributed by atoms with Crippen LogP contribution >= 0.6 is 11.3 Å². The maximum Gasteiger partial charge on any atom is 0.407 e. The Hall–Kier alpha value is -4.64. The van der Waals surface area contributed by atoms with Gasteiger partial charge in [-0.2, -0.15) is 0 Å². The number of rotatable bonds is 18. The lowest BCUT2D eigenvalue weighted by Crippen LogP contribution is -2.57. The van der Waals surface area contributed by atoms with Crippen LogP contribution in [0.25, 0.3) is 10.4 Å². The predicted octanol–water partition coefficient (Wildman–Crippen LogP) is 6.85. The van der Waals surface area contributed by atoms with Gasteiger partial charge in [0.05, 0.1) is 34.7 Å². The maximum absolute atomic E-state index is 14.1. The Labute approximate surface area is 418 Å². The summed E-state index contributed by atoms with van der Waals surface area (Å²) in [6.45, 7) is 15.5. The SMILES string of the molecule is Cc1ncsc1-c1ccc(CNC(=O)[C@@H]2C[C@@H](O)CN2C(=O)[C@@H](NC(=O)CCCN2CCC(CCCNC(=O)O[C@@H]3C[C@H](C)C=C4C=C[C@@H](C)[C@@H](CC[C@H]5C[C@H](O)CC(=O)O5)[C@@H]43)CC2)C(C)(C)C)cc1. The number of likely N-dealkylation sites (tertiary alicyclic amines) is 2. The number of ether oxygens (including phenoxy) is 2. The highest BCUT2D eigenvalue weighted by Crippen LogP contribution is 2.45. The van der Waals surface area contributed by atoms with Gasteiger partial charge in [0, 0.05) is 44.8 Å². The lowest BCUT2D eigenvalue weighted by molar-refractivity contribution is -0.160. The minimum atomic E-state index is -0.870. The third kappa shape index (κ3) is 14.3. The third-order valence-electron chi connectivity index (χ3n) is 15.3. The van der Waals surface area contributed by atoms with Crippen LogP contribution < -0.4 is 16.0 Å². The van der Waals surface area contributed by atoms with Crippen LogP contribution in [-0.4, -0.2) is 124 Å². The summed E-state index contributed by atoms with van der Waals surface area (Å²) in [4.78, 5) is 75.5. The van der Waals surface area contributed by atoms with Crippen LogP contribution in [0, 0.1) is 41.9 Å². The molecule has 3 aliphatic heterocycles. The van der Waals surface area contributed by atoms with Gasteiger partial charge in [0.1, 0.15) is 24.3 Å². The van der Waals surface area contributed by atoms with E-state index in [0.29, 0.717) is 31.7 Å². The van der Waals surface area contributed by atoms with E-state index in [4.69, 9.17) is 9.47 Å². The third-order valence-corrected chi connectivity index (χ3v) is 16.2. The first-order valence-electron chi connectivity index (χ1n) is 25.9. The highest BCUT2D eigenvalue weighted by Gasteiger charge is 2.45. The summed E-state index contributed by atoms with van der Waals surface area (Å²) in [6.07, 6.45) is 12.1. The first kappa shape index (κ1) is 53.2. The molecule has 384 valence electrons. The zero-order valence-electron chi connectivity index (χ0n) is 42.2. The molecule has 5 N–H and O–H groups in total. The molecular formula is C54H78N6O9S. The van der Waals surface area contributed by atoms with Crippen molar-refractivity contribution >= 4 is 41.1 Å². The van der Waals surface area contributed by atoms with Gasteiger partial charge < -0.3 is 45.4 Å². The monoisotopic (exact) mass is 987 g/mol. The molecule has 5 aliphatic rings. The summed E-state index contributed by atoms with van der Waals surface area (Å²) in [5, 5.41) is 29.8. The quantitative estimate of drug-likeness (QED) is 0.0774. The Morgan fingerprint density at radius 1 is 0.971 bits per heavy atom. The Balaban J connectivity index is 0.790. The number of thiazole rings is 1. The van der Waals surface area contributed by atoms with Crippen molar-refractivity contribution in [2.75, 3.05) is 32.7 Å². The smallest absolute Gasteiger partial charge is 0.407 e. The number of carbonyl (C=O) groups is 5. The number of amides is 4. The average Bonchev–Trinajstić information content (AvgIpc) is 3.93. The standard InChI is InChI=1S/C54H78N6O9S/c1-33-25-39-14-11-34(2)43(18-17-42-27-40(61)29-47(64)68-42)48(39)45(26-33)69-53(67)55-21-7-9-36-19-23-59(24-20-36)22-8-10-46(63)58-50(54(4,5)6)52(66)60-31-41(62)28-44(60)51(65)56-30-37-12-15-38(16-13-37)49-35(3)57-32-70-49/h11-16,25,32-34,36,40-45,48,50,61-62H,7-10,17-24,26-31H2,1-6H3,(H,55,67)(H,56,65)(H,58,63)/t33-,34-,40+,41-,42+,43-,44+,45-,48-,50-/m1/s1. The van der Waals surface area contributed by atoms with Crippen LogP contribution in [0.5, 0.6) is 0 Å². The minimum absolute atomic E-state index is 0.0244. The molecule has 4 heterocycles. The molecule has 0 unspecified atom stereocenters.